The zero-order valence-corrected chi connectivity index (χ0v) is 15.1. The number of nitrogen functional groups attached to an aromatic ring is 1. The Morgan fingerprint density at radius 3 is 2.47 bits per heavy atom. The number of thioether (sulfide) groups is 1. The summed E-state index contributed by atoms with van der Waals surface area (Å²) in [5.41, 5.74) is 6.22. The molecule has 4 nitrogen and oxygen atoms in total. The van der Waals surface area contributed by atoms with Crippen molar-refractivity contribution in [2.45, 2.75) is 17.9 Å². The Kier molecular flexibility index (Phi) is 4.88. The Morgan fingerprint density at radius 1 is 1.37 bits per heavy atom. The fraction of sp³-hybridized carbons (Fsp3) is 0.455. The highest BCUT2D eigenvalue weighted by Crippen LogP contribution is 2.36. The second-order valence-corrected chi connectivity index (χ2v) is 9.04. The maximum Gasteiger partial charge on any atom is 0.245 e. The summed E-state index contributed by atoms with van der Waals surface area (Å²) in [6.45, 7) is 2.47. The van der Waals surface area contributed by atoms with Gasteiger partial charge in [-0.2, -0.15) is 16.1 Å². The number of nitrogens with two attached hydrogens (primary N) is 1. The Hall–Kier alpha value is 0.240. The summed E-state index contributed by atoms with van der Waals surface area (Å²) in [5, 5.41) is 0. The number of halogens is 2. The number of sulfonamides is 1. The van der Waals surface area contributed by atoms with Crippen molar-refractivity contribution in [1.29, 1.82) is 0 Å². The molecule has 1 aromatic rings. The molecule has 2 rings (SSSR count). The van der Waals surface area contributed by atoms with Gasteiger partial charge < -0.3 is 5.73 Å². The lowest BCUT2D eigenvalue weighted by Gasteiger charge is -2.32. The highest BCUT2D eigenvalue weighted by atomic mass is 79.9. The van der Waals surface area contributed by atoms with E-state index >= 15 is 0 Å². The molecular formula is C11H14Br2N2O2S2. The molecular weight excluding hydrogens is 416 g/mol. The first kappa shape index (κ1) is 15.6. The summed E-state index contributed by atoms with van der Waals surface area (Å²) < 4.78 is 28.1. The number of rotatable bonds is 2. The lowest BCUT2D eigenvalue weighted by atomic mass is 10.3. The Bertz CT molecular complexity index is 569. The second-order valence-electron chi connectivity index (χ2n) is 4.35. The third-order valence-electron chi connectivity index (χ3n) is 2.89. The van der Waals surface area contributed by atoms with Gasteiger partial charge in [0.15, 0.2) is 0 Å². The third-order valence-corrected chi connectivity index (χ3v) is 7.97. The van der Waals surface area contributed by atoms with Crippen molar-refractivity contribution in [1.82, 2.24) is 4.31 Å². The number of benzene rings is 1. The van der Waals surface area contributed by atoms with Crippen molar-refractivity contribution >= 4 is 59.3 Å². The van der Waals surface area contributed by atoms with Gasteiger partial charge in [0.2, 0.25) is 10.0 Å². The van der Waals surface area contributed by atoms with Crippen molar-refractivity contribution in [3.8, 4) is 0 Å². The molecule has 1 fully saturated rings. The van der Waals surface area contributed by atoms with Crippen molar-refractivity contribution < 1.29 is 8.42 Å². The SMILES string of the molecule is CC1CSCCN1S(=O)(=O)c1c(Br)cc(N)cc1Br. The molecule has 0 aromatic heterocycles. The highest BCUT2D eigenvalue weighted by Gasteiger charge is 2.34. The molecule has 0 aliphatic carbocycles. The zero-order chi connectivity index (χ0) is 14.2. The summed E-state index contributed by atoms with van der Waals surface area (Å²) >= 11 is 8.38. The van der Waals surface area contributed by atoms with Crippen molar-refractivity contribution in [2.75, 3.05) is 23.8 Å². The van der Waals surface area contributed by atoms with E-state index in [2.05, 4.69) is 31.9 Å². The summed E-state index contributed by atoms with van der Waals surface area (Å²) in [5.74, 6) is 1.65. The van der Waals surface area contributed by atoms with Gasteiger partial charge in [-0.05, 0) is 50.9 Å². The molecule has 8 heteroatoms. The summed E-state index contributed by atoms with van der Waals surface area (Å²) in [4.78, 5) is 0.250. The van der Waals surface area contributed by atoms with Crippen molar-refractivity contribution in [3.63, 3.8) is 0 Å². The third kappa shape index (κ3) is 3.12. The van der Waals surface area contributed by atoms with Crippen LogP contribution in [0.5, 0.6) is 0 Å². The summed E-state index contributed by atoms with van der Waals surface area (Å²) in [7, 11) is -3.52. The molecule has 0 spiro atoms. The van der Waals surface area contributed by atoms with Crippen LogP contribution < -0.4 is 5.73 Å². The predicted octanol–water partition coefficient (Wildman–Crippen LogP) is 2.92. The molecule has 1 saturated heterocycles. The van der Waals surface area contributed by atoms with Gasteiger partial charge in [0.25, 0.3) is 0 Å². The van der Waals surface area contributed by atoms with Crippen LogP contribution in [0, 0.1) is 0 Å². The molecule has 1 atom stereocenters. The standard InChI is InChI=1S/C11H14Br2N2O2S2/c1-7-6-18-3-2-15(7)19(16,17)11-9(12)4-8(14)5-10(11)13/h4-5,7H,2-3,6,14H2,1H3. The van der Waals surface area contributed by atoms with E-state index in [4.69, 9.17) is 5.73 Å². The molecule has 0 bridgehead atoms. The Morgan fingerprint density at radius 2 is 1.95 bits per heavy atom. The molecule has 1 aliphatic heterocycles. The first-order chi connectivity index (χ1) is 8.84. The molecule has 0 saturated carbocycles. The average molecular weight is 430 g/mol. The van der Waals surface area contributed by atoms with Crippen LogP contribution in [0.2, 0.25) is 0 Å². The van der Waals surface area contributed by atoms with Crippen LogP contribution in [-0.2, 0) is 10.0 Å². The van der Waals surface area contributed by atoms with Crippen LogP contribution in [0.15, 0.2) is 26.0 Å². The second kappa shape index (κ2) is 5.93. The monoisotopic (exact) mass is 428 g/mol. The molecule has 0 amide bonds. The highest BCUT2D eigenvalue weighted by molar-refractivity contribution is 9.11. The molecule has 0 radical (unpaired) electrons. The number of anilines is 1. The van der Waals surface area contributed by atoms with Crippen molar-refractivity contribution in [2.24, 2.45) is 0 Å². The van der Waals surface area contributed by atoms with Crippen LogP contribution in [0.25, 0.3) is 0 Å². The molecule has 1 unspecified atom stereocenters. The molecule has 2 N–H and O–H groups in total. The van der Waals surface area contributed by atoms with Gasteiger partial charge in [-0.25, -0.2) is 8.42 Å². The topological polar surface area (TPSA) is 63.4 Å². The van der Waals surface area contributed by atoms with E-state index in [0.717, 1.165) is 11.5 Å². The minimum absolute atomic E-state index is 0.0000954. The quantitative estimate of drug-likeness (QED) is 0.734. The zero-order valence-electron chi connectivity index (χ0n) is 10.3. The average Bonchev–Trinajstić information content (AvgIpc) is 2.27. The van der Waals surface area contributed by atoms with E-state index in [1.165, 1.54) is 0 Å². The van der Waals surface area contributed by atoms with E-state index in [1.807, 2.05) is 6.92 Å². The normalized spacial score (nSPS) is 21.5. The maximum absolute atomic E-state index is 12.8. The number of nitrogens with zero attached hydrogens (tertiary/aromatic N) is 1. The fourth-order valence-electron chi connectivity index (χ4n) is 2.01. The van der Waals surface area contributed by atoms with E-state index < -0.39 is 10.0 Å². The van der Waals surface area contributed by atoms with Gasteiger partial charge in [-0.1, -0.05) is 0 Å². The lowest BCUT2D eigenvalue weighted by Crippen LogP contribution is -2.44. The van der Waals surface area contributed by atoms with Gasteiger partial charge in [-0.15, -0.1) is 0 Å². The van der Waals surface area contributed by atoms with E-state index in [9.17, 15) is 8.42 Å². The van der Waals surface area contributed by atoms with Crippen LogP contribution in [0.1, 0.15) is 6.92 Å². The molecule has 1 aromatic carbocycles. The van der Waals surface area contributed by atoms with Crippen molar-refractivity contribution in [3.05, 3.63) is 21.1 Å². The van der Waals surface area contributed by atoms with Gasteiger partial charge in [-0.3, -0.25) is 0 Å². The Labute approximate surface area is 134 Å². The summed E-state index contributed by atoms with van der Waals surface area (Å²) in [6, 6.07) is 3.22. The summed E-state index contributed by atoms with van der Waals surface area (Å²) in [6.07, 6.45) is 0. The van der Waals surface area contributed by atoms with E-state index in [-0.39, 0.29) is 10.9 Å². The van der Waals surface area contributed by atoms with Gasteiger partial charge in [0.1, 0.15) is 4.90 Å². The van der Waals surface area contributed by atoms with E-state index in [1.54, 1.807) is 28.2 Å². The number of hydrogen-bond acceptors (Lipinski definition) is 4. The largest absolute Gasteiger partial charge is 0.399 e. The molecule has 1 aliphatic rings. The Balaban J connectivity index is 2.50. The predicted molar refractivity (Wildman–Crippen MR) is 86.9 cm³/mol. The minimum atomic E-state index is -3.52. The minimum Gasteiger partial charge on any atom is -0.399 e. The van der Waals surface area contributed by atoms with Crippen LogP contribution in [0.3, 0.4) is 0 Å². The van der Waals surface area contributed by atoms with Gasteiger partial charge in [0, 0.05) is 38.7 Å². The van der Waals surface area contributed by atoms with Gasteiger partial charge in [0.05, 0.1) is 0 Å². The fourth-order valence-corrected chi connectivity index (χ4v) is 7.41. The molecule has 106 valence electrons. The molecule has 1 heterocycles. The molecule has 19 heavy (non-hydrogen) atoms. The maximum atomic E-state index is 12.8. The van der Waals surface area contributed by atoms with Crippen LogP contribution in [-0.4, -0.2) is 36.8 Å². The van der Waals surface area contributed by atoms with Crippen LogP contribution in [0.4, 0.5) is 5.69 Å². The smallest absolute Gasteiger partial charge is 0.245 e. The lowest BCUT2D eigenvalue weighted by molar-refractivity contribution is 0.367. The number of hydrogen-bond donors (Lipinski definition) is 1. The van der Waals surface area contributed by atoms with Crippen LogP contribution >= 0.6 is 43.6 Å². The van der Waals surface area contributed by atoms with Gasteiger partial charge >= 0.3 is 0 Å². The first-order valence-corrected chi connectivity index (χ1v) is 9.86. The first-order valence-electron chi connectivity index (χ1n) is 5.68. The van der Waals surface area contributed by atoms with E-state index in [0.29, 0.717) is 21.2 Å².